The van der Waals surface area contributed by atoms with E-state index in [9.17, 15) is 0 Å². The molecule has 0 heterocycles. The highest BCUT2D eigenvalue weighted by Gasteiger charge is 1.92. The van der Waals surface area contributed by atoms with Crippen LogP contribution in [0.15, 0.2) is 24.3 Å². The second-order valence-corrected chi connectivity index (χ2v) is 3.55. The summed E-state index contributed by atoms with van der Waals surface area (Å²) in [7, 11) is 0. The van der Waals surface area contributed by atoms with E-state index >= 15 is 0 Å². The molecule has 2 N–H and O–H groups in total. The van der Waals surface area contributed by atoms with E-state index in [1.807, 2.05) is 12.1 Å². The van der Waals surface area contributed by atoms with Crippen LogP contribution in [0.1, 0.15) is 5.56 Å². The largest absolute Gasteiger partial charge is 0.508 e. The number of aliphatic hydroxyl groups is 1. The molecule has 3 heteroatoms. The van der Waals surface area contributed by atoms with Crippen molar-refractivity contribution in [1.29, 1.82) is 0 Å². The maximum absolute atomic E-state index is 8.98. The van der Waals surface area contributed by atoms with Crippen molar-refractivity contribution in [3.8, 4) is 5.75 Å². The number of benzene rings is 1. The maximum Gasteiger partial charge on any atom is 0.115 e. The zero-order valence-electron chi connectivity index (χ0n) is 6.73. The second-order valence-electron chi connectivity index (χ2n) is 2.44. The molecule has 0 amide bonds. The fraction of sp³-hybridized carbons (Fsp3) is 0.333. The second kappa shape index (κ2) is 5.06. The van der Waals surface area contributed by atoms with E-state index in [-0.39, 0.29) is 6.61 Å². The van der Waals surface area contributed by atoms with Crippen LogP contribution in [0.5, 0.6) is 5.75 Å². The molecule has 0 spiro atoms. The van der Waals surface area contributed by atoms with Crippen LogP contribution in [0.3, 0.4) is 0 Å². The van der Waals surface area contributed by atoms with E-state index in [4.69, 9.17) is 10.2 Å². The molecule has 0 saturated carbocycles. The van der Waals surface area contributed by atoms with Crippen molar-refractivity contribution in [3.05, 3.63) is 29.8 Å². The summed E-state index contributed by atoms with van der Waals surface area (Å²) >= 11 is 1.68. The van der Waals surface area contributed by atoms with Crippen LogP contribution in [0.4, 0.5) is 0 Å². The molecule has 0 radical (unpaired) electrons. The number of aliphatic hydroxyl groups excluding tert-OH is 1. The summed E-state index contributed by atoms with van der Waals surface area (Å²) in [4.78, 5) is 0. The van der Waals surface area contributed by atoms with Crippen molar-refractivity contribution in [1.82, 2.24) is 0 Å². The summed E-state index contributed by atoms with van der Waals surface area (Å²) in [6, 6.07) is 7.13. The third-order valence-electron chi connectivity index (χ3n) is 1.44. The van der Waals surface area contributed by atoms with Crippen molar-refractivity contribution in [2.75, 3.05) is 12.4 Å². The highest BCUT2D eigenvalue weighted by Crippen LogP contribution is 2.14. The molecule has 12 heavy (non-hydrogen) atoms. The fourth-order valence-electron chi connectivity index (χ4n) is 0.847. The third kappa shape index (κ3) is 3.15. The predicted molar refractivity (Wildman–Crippen MR) is 51.4 cm³/mol. The lowest BCUT2D eigenvalue weighted by molar-refractivity contribution is 0.322. The van der Waals surface area contributed by atoms with Crippen molar-refractivity contribution in [2.45, 2.75) is 5.75 Å². The Morgan fingerprint density at radius 3 is 2.42 bits per heavy atom. The monoisotopic (exact) mass is 184 g/mol. The average Bonchev–Trinajstić information content (AvgIpc) is 2.09. The molecule has 0 bridgehead atoms. The zero-order chi connectivity index (χ0) is 8.81. The summed E-state index contributed by atoms with van der Waals surface area (Å²) in [5.74, 6) is 1.95. The van der Waals surface area contributed by atoms with Gasteiger partial charge in [0.25, 0.3) is 0 Å². The Balaban J connectivity index is 2.37. The van der Waals surface area contributed by atoms with Crippen LogP contribution in [-0.4, -0.2) is 22.6 Å². The quantitative estimate of drug-likeness (QED) is 0.698. The SMILES string of the molecule is OCCSCc1ccc(O)cc1. The van der Waals surface area contributed by atoms with Crippen LogP contribution in [0.2, 0.25) is 0 Å². The molecule has 1 aromatic rings. The number of hydrogen-bond donors (Lipinski definition) is 2. The van der Waals surface area contributed by atoms with E-state index in [0.717, 1.165) is 11.5 Å². The van der Waals surface area contributed by atoms with Gasteiger partial charge in [-0.3, -0.25) is 0 Å². The number of aromatic hydroxyl groups is 1. The number of phenolic OH excluding ortho intramolecular Hbond substituents is 1. The Morgan fingerprint density at radius 2 is 1.83 bits per heavy atom. The lowest BCUT2D eigenvalue weighted by Gasteiger charge is -1.99. The first kappa shape index (κ1) is 9.42. The van der Waals surface area contributed by atoms with E-state index in [2.05, 4.69) is 0 Å². The Morgan fingerprint density at radius 1 is 1.17 bits per heavy atom. The molecule has 1 aromatic carbocycles. The molecule has 0 aromatic heterocycles. The number of hydrogen-bond acceptors (Lipinski definition) is 3. The van der Waals surface area contributed by atoms with Crippen molar-refractivity contribution in [2.24, 2.45) is 0 Å². The van der Waals surface area contributed by atoms with Gasteiger partial charge >= 0.3 is 0 Å². The van der Waals surface area contributed by atoms with Gasteiger partial charge in [0, 0.05) is 11.5 Å². The molecule has 0 atom stereocenters. The minimum absolute atomic E-state index is 0.225. The highest BCUT2D eigenvalue weighted by atomic mass is 32.2. The van der Waals surface area contributed by atoms with Crippen LogP contribution in [-0.2, 0) is 5.75 Å². The molecule has 2 nitrogen and oxygen atoms in total. The van der Waals surface area contributed by atoms with Gasteiger partial charge in [0.15, 0.2) is 0 Å². The van der Waals surface area contributed by atoms with Gasteiger partial charge in [0.1, 0.15) is 5.75 Å². The van der Waals surface area contributed by atoms with E-state index in [1.165, 1.54) is 5.56 Å². The smallest absolute Gasteiger partial charge is 0.115 e. The summed E-state index contributed by atoms with van der Waals surface area (Å²) in [5.41, 5.74) is 1.17. The molecule has 0 aliphatic carbocycles. The predicted octanol–water partition coefficient (Wildman–Crippen LogP) is 1.62. The minimum atomic E-state index is 0.225. The van der Waals surface area contributed by atoms with Crippen LogP contribution < -0.4 is 0 Å². The van der Waals surface area contributed by atoms with Gasteiger partial charge in [0.05, 0.1) is 6.61 Å². The minimum Gasteiger partial charge on any atom is -0.508 e. The highest BCUT2D eigenvalue weighted by molar-refractivity contribution is 7.98. The average molecular weight is 184 g/mol. The Bertz CT molecular complexity index is 220. The lowest BCUT2D eigenvalue weighted by Crippen LogP contribution is -1.87. The first-order valence-electron chi connectivity index (χ1n) is 3.79. The number of thioether (sulfide) groups is 1. The van der Waals surface area contributed by atoms with Gasteiger partial charge in [-0.2, -0.15) is 11.8 Å². The van der Waals surface area contributed by atoms with Crippen LogP contribution >= 0.6 is 11.8 Å². The fourth-order valence-corrected chi connectivity index (χ4v) is 1.55. The van der Waals surface area contributed by atoms with Crippen LogP contribution in [0, 0.1) is 0 Å². The summed E-state index contributed by atoms with van der Waals surface area (Å²) in [6.07, 6.45) is 0. The van der Waals surface area contributed by atoms with Crippen molar-refractivity contribution >= 4 is 11.8 Å². The molecule has 0 fully saturated rings. The van der Waals surface area contributed by atoms with Crippen LogP contribution in [0.25, 0.3) is 0 Å². The molecule has 0 aliphatic rings. The molecule has 0 saturated heterocycles. The molecule has 0 unspecified atom stereocenters. The first-order valence-corrected chi connectivity index (χ1v) is 4.95. The van der Waals surface area contributed by atoms with Gasteiger partial charge in [-0.05, 0) is 17.7 Å². The molecular weight excluding hydrogens is 172 g/mol. The summed E-state index contributed by atoms with van der Waals surface area (Å²) in [6.45, 7) is 0.225. The topological polar surface area (TPSA) is 40.5 Å². The Labute approximate surface area is 76.2 Å². The third-order valence-corrected chi connectivity index (χ3v) is 2.45. The van der Waals surface area contributed by atoms with Crippen molar-refractivity contribution in [3.63, 3.8) is 0 Å². The standard InChI is InChI=1S/C9H12O2S/c10-5-6-12-7-8-1-3-9(11)4-2-8/h1-4,10-11H,5-7H2. The van der Waals surface area contributed by atoms with Gasteiger partial charge in [-0.1, -0.05) is 12.1 Å². The maximum atomic E-state index is 8.98. The number of phenols is 1. The summed E-state index contributed by atoms with van der Waals surface area (Å²) in [5, 5.41) is 17.5. The Hall–Kier alpha value is -0.670. The van der Waals surface area contributed by atoms with Gasteiger partial charge in [0.2, 0.25) is 0 Å². The number of rotatable bonds is 4. The molecule has 1 rings (SSSR count). The zero-order valence-corrected chi connectivity index (χ0v) is 7.55. The molecular formula is C9H12O2S. The molecule has 0 aliphatic heterocycles. The normalized spacial score (nSPS) is 10.1. The Kier molecular flexibility index (Phi) is 3.97. The van der Waals surface area contributed by atoms with Gasteiger partial charge in [-0.15, -0.1) is 0 Å². The molecule has 66 valence electrons. The van der Waals surface area contributed by atoms with E-state index in [1.54, 1.807) is 23.9 Å². The van der Waals surface area contributed by atoms with E-state index in [0.29, 0.717) is 5.75 Å². The van der Waals surface area contributed by atoms with Gasteiger partial charge in [-0.25, -0.2) is 0 Å². The lowest BCUT2D eigenvalue weighted by atomic mass is 10.2. The van der Waals surface area contributed by atoms with E-state index < -0.39 is 0 Å². The van der Waals surface area contributed by atoms with Crippen molar-refractivity contribution < 1.29 is 10.2 Å². The van der Waals surface area contributed by atoms with Gasteiger partial charge < -0.3 is 10.2 Å². The first-order chi connectivity index (χ1) is 5.83. The summed E-state index contributed by atoms with van der Waals surface area (Å²) < 4.78 is 0.